The van der Waals surface area contributed by atoms with Crippen LogP contribution in [0.15, 0.2) is 4.99 Å². The standard InChI is InChI=1S/C21H41N5O2/c1-21(2,3)28-20(27)24-18-11-16-26(17-18)19(22-4)23-12-7-5-8-13-25-14-9-6-10-15-25/h18H,5-17H2,1-4H3,(H,22,23)(H,24,27). The summed E-state index contributed by atoms with van der Waals surface area (Å²) in [4.78, 5) is 21.2. The lowest BCUT2D eigenvalue weighted by Gasteiger charge is -2.26. The number of alkyl carbamates (subject to hydrolysis) is 1. The van der Waals surface area contributed by atoms with E-state index < -0.39 is 5.60 Å². The number of nitrogens with one attached hydrogen (secondary N) is 2. The molecular weight excluding hydrogens is 354 g/mol. The zero-order valence-electron chi connectivity index (χ0n) is 18.4. The molecule has 1 unspecified atom stereocenters. The van der Waals surface area contributed by atoms with Crippen molar-refractivity contribution in [1.29, 1.82) is 0 Å². The Balaban J connectivity index is 1.58. The second kappa shape index (κ2) is 11.5. The molecule has 1 amide bonds. The summed E-state index contributed by atoms with van der Waals surface area (Å²) in [6.45, 7) is 12.1. The van der Waals surface area contributed by atoms with Gasteiger partial charge in [0, 0.05) is 26.7 Å². The minimum atomic E-state index is -0.464. The lowest BCUT2D eigenvalue weighted by Crippen LogP contribution is -2.44. The average Bonchev–Trinajstić information content (AvgIpc) is 3.08. The molecule has 7 nitrogen and oxygen atoms in total. The number of hydrogen-bond acceptors (Lipinski definition) is 4. The third-order valence-corrected chi connectivity index (χ3v) is 5.30. The largest absolute Gasteiger partial charge is 0.444 e. The maximum absolute atomic E-state index is 11.9. The Morgan fingerprint density at radius 2 is 1.86 bits per heavy atom. The number of ether oxygens (including phenoxy) is 1. The van der Waals surface area contributed by atoms with Gasteiger partial charge in [0.1, 0.15) is 5.60 Å². The summed E-state index contributed by atoms with van der Waals surface area (Å²) in [7, 11) is 1.83. The van der Waals surface area contributed by atoms with Crippen LogP contribution in [0.5, 0.6) is 0 Å². The average molecular weight is 396 g/mol. The first-order valence-electron chi connectivity index (χ1n) is 11.0. The minimum absolute atomic E-state index is 0.109. The van der Waals surface area contributed by atoms with Gasteiger partial charge in [0.25, 0.3) is 0 Å². The zero-order chi connectivity index (χ0) is 20.4. The second-order valence-corrected chi connectivity index (χ2v) is 9.01. The number of rotatable bonds is 7. The molecule has 0 aliphatic carbocycles. The maximum Gasteiger partial charge on any atom is 0.407 e. The van der Waals surface area contributed by atoms with Gasteiger partial charge in [-0.1, -0.05) is 12.8 Å². The molecule has 2 aliphatic rings. The Morgan fingerprint density at radius 3 is 2.54 bits per heavy atom. The van der Waals surface area contributed by atoms with Crippen LogP contribution in [0, 0.1) is 0 Å². The predicted molar refractivity (Wildman–Crippen MR) is 115 cm³/mol. The van der Waals surface area contributed by atoms with Crippen molar-refractivity contribution in [2.24, 2.45) is 4.99 Å². The van der Waals surface area contributed by atoms with E-state index in [2.05, 4.69) is 25.4 Å². The molecule has 2 heterocycles. The Bertz CT molecular complexity index is 498. The minimum Gasteiger partial charge on any atom is -0.444 e. The van der Waals surface area contributed by atoms with Crippen LogP contribution >= 0.6 is 0 Å². The monoisotopic (exact) mass is 395 g/mol. The highest BCUT2D eigenvalue weighted by molar-refractivity contribution is 5.80. The number of aliphatic imine (C=N–C) groups is 1. The summed E-state index contributed by atoms with van der Waals surface area (Å²) < 4.78 is 5.35. The van der Waals surface area contributed by atoms with Gasteiger partial charge in [-0.25, -0.2) is 4.79 Å². The van der Waals surface area contributed by atoms with Crippen molar-refractivity contribution in [3.05, 3.63) is 0 Å². The molecule has 162 valence electrons. The number of amides is 1. The highest BCUT2D eigenvalue weighted by atomic mass is 16.6. The van der Waals surface area contributed by atoms with Crippen molar-refractivity contribution in [2.45, 2.75) is 77.4 Å². The number of likely N-dealkylation sites (tertiary alicyclic amines) is 2. The molecule has 1 atom stereocenters. The van der Waals surface area contributed by atoms with Crippen LogP contribution in [0.4, 0.5) is 4.79 Å². The highest BCUT2D eigenvalue weighted by Crippen LogP contribution is 2.12. The molecule has 28 heavy (non-hydrogen) atoms. The van der Waals surface area contributed by atoms with E-state index in [1.807, 2.05) is 27.8 Å². The molecule has 0 spiro atoms. The van der Waals surface area contributed by atoms with Gasteiger partial charge >= 0.3 is 6.09 Å². The van der Waals surface area contributed by atoms with Crippen molar-refractivity contribution in [1.82, 2.24) is 20.4 Å². The summed E-state index contributed by atoms with van der Waals surface area (Å²) in [5, 5.41) is 6.45. The predicted octanol–water partition coefficient (Wildman–Crippen LogP) is 2.82. The molecule has 0 aromatic heterocycles. The molecule has 0 aromatic carbocycles. The molecule has 0 saturated carbocycles. The van der Waals surface area contributed by atoms with E-state index in [1.165, 1.54) is 58.2 Å². The van der Waals surface area contributed by atoms with Gasteiger partial charge < -0.3 is 25.2 Å². The fourth-order valence-electron chi connectivity index (χ4n) is 3.90. The lowest BCUT2D eigenvalue weighted by molar-refractivity contribution is 0.0507. The van der Waals surface area contributed by atoms with Crippen molar-refractivity contribution in [2.75, 3.05) is 46.3 Å². The maximum atomic E-state index is 11.9. The lowest BCUT2D eigenvalue weighted by atomic mass is 10.1. The summed E-state index contributed by atoms with van der Waals surface area (Å²) in [6, 6.07) is 0.109. The summed E-state index contributed by atoms with van der Waals surface area (Å²) in [5.41, 5.74) is -0.464. The fourth-order valence-corrected chi connectivity index (χ4v) is 3.90. The van der Waals surface area contributed by atoms with Crippen molar-refractivity contribution in [3.8, 4) is 0 Å². The smallest absolute Gasteiger partial charge is 0.407 e. The van der Waals surface area contributed by atoms with Crippen LogP contribution in [0.1, 0.15) is 65.7 Å². The third-order valence-electron chi connectivity index (χ3n) is 5.30. The van der Waals surface area contributed by atoms with Gasteiger partial charge in [-0.05, 0) is 72.5 Å². The van der Waals surface area contributed by atoms with Gasteiger partial charge in [0.05, 0.1) is 6.04 Å². The SMILES string of the molecule is CN=C(NCCCCCN1CCCCC1)N1CCC(NC(=O)OC(C)(C)C)C1. The van der Waals surface area contributed by atoms with E-state index in [1.54, 1.807) is 0 Å². The summed E-state index contributed by atoms with van der Waals surface area (Å²) in [6.07, 6.45) is 8.43. The van der Waals surface area contributed by atoms with Gasteiger partial charge in [0.2, 0.25) is 0 Å². The molecule has 2 N–H and O–H groups in total. The van der Waals surface area contributed by atoms with Gasteiger partial charge in [-0.2, -0.15) is 0 Å². The first-order valence-corrected chi connectivity index (χ1v) is 11.0. The first kappa shape index (κ1) is 22.8. The number of piperidine rings is 1. The van der Waals surface area contributed by atoms with Gasteiger partial charge in [0.15, 0.2) is 5.96 Å². The molecule has 2 saturated heterocycles. The molecule has 0 radical (unpaired) electrons. The van der Waals surface area contributed by atoms with Crippen LogP contribution in [0.25, 0.3) is 0 Å². The quantitative estimate of drug-likeness (QED) is 0.394. The summed E-state index contributed by atoms with van der Waals surface area (Å²) >= 11 is 0. The van der Waals surface area contributed by atoms with E-state index >= 15 is 0 Å². The normalized spacial score (nSPS) is 21.6. The van der Waals surface area contributed by atoms with Gasteiger partial charge in [-0.3, -0.25) is 4.99 Å². The first-order chi connectivity index (χ1) is 13.4. The number of guanidine groups is 1. The number of hydrogen-bond donors (Lipinski definition) is 2. The third kappa shape index (κ3) is 8.67. The van der Waals surface area contributed by atoms with Crippen molar-refractivity contribution < 1.29 is 9.53 Å². The molecule has 2 fully saturated rings. The van der Waals surface area contributed by atoms with Gasteiger partial charge in [-0.15, -0.1) is 0 Å². The number of nitrogens with zero attached hydrogens (tertiary/aromatic N) is 3. The second-order valence-electron chi connectivity index (χ2n) is 9.01. The molecule has 2 aliphatic heterocycles. The molecule has 7 heteroatoms. The Labute approximate surface area is 171 Å². The molecular formula is C21H41N5O2. The Morgan fingerprint density at radius 1 is 1.11 bits per heavy atom. The molecule has 2 rings (SSSR count). The number of carbonyl (C=O) groups excluding carboxylic acids is 1. The fraction of sp³-hybridized carbons (Fsp3) is 0.905. The van der Waals surface area contributed by atoms with E-state index in [9.17, 15) is 4.79 Å². The molecule has 0 bridgehead atoms. The topological polar surface area (TPSA) is 69.2 Å². The Hall–Kier alpha value is -1.50. The van der Waals surface area contributed by atoms with Crippen LogP contribution in [-0.4, -0.2) is 79.8 Å². The van der Waals surface area contributed by atoms with E-state index in [4.69, 9.17) is 4.74 Å². The van der Waals surface area contributed by atoms with Crippen molar-refractivity contribution in [3.63, 3.8) is 0 Å². The van der Waals surface area contributed by atoms with Crippen molar-refractivity contribution >= 4 is 12.1 Å². The van der Waals surface area contributed by atoms with Crippen LogP contribution < -0.4 is 10.6 Å². The van der Waals surface area contributed by atoms with E-state index in [0.717, 1.165) is 32.0 Å². The van der Waals surface area contributed by atoms with Crippen LogP contribution in [0.2, 0.25) is 0 Å². The van der Waals surface area contributed by atoms with Crippen LogP contribution in [-0.2, 0) is 4.74 Å². The molecule has 0 aromatic rings. The number of carbonyl (C=O) groups is 1. The van der Waals surface area contributed by atoms with E-state index in [0.29, 0.717) is 0 Å². The zero-order valence-corrected chi connectivity index (χ0v) is 18.4. The Kier molecular flexibility index (Phi) is 9.35. The van der Waals surface area contributed by atoms with E-state index in [-0.39, 0.29) is 12.1 Å². The number of unbranched alkanes of at least 4 members (excludes halogenated alkanes) is 2. The summed E-state index contributed by atoms with van der Waals surface area (Å²) in [5.74, 6) is 0.935. The highest BCUT2D eigenvalue weighted by Gasteiger charge is 2.27. The van der Waals surface area contributed by atoms with Crippen LogP contribution in [0.3, 0.4) is 0 Å².